The molecule has 0 amide bonds. The molecule has 4 aromatic rings. The summed E-state index contributed by atoms with van der Waals surface area (Å²) in [5, 5.41) is 6.23. The van der Waals surface area contributed by atoms with Crippen LogP contribution < -0.4 is 5.73 Å². The van der Waals surface area contributed by atoms with E-state index in [4.69, 9.17) is 40.5 Å². The van der Waals surface area contributed by atoms with E-state index < -0.39 is 0 Å². The van der Waals surface area contributed by atoms with Gasteiger partial charge in [-0.25, -0.2) is 0 Å². The van der Waals surface area contributed by atoms with Crippen molar-refractivity contribution in [2.45, 2.75) is 0 Å². The van der Waals surface area contributed by atoms with Gasteiger partial charge in [0.2, 0.25) is 0 Å². The van der Waals surface area contributed by atoms with Crippen molar-refractivity contribution in [1.29, 1.82) is 0 Å². The van der Waals surface area contributed by atoms with Crippen LogP contribution in [0.5, 0.6) is 0 Å². The highest BCUT2D eigenvalue weighted by molar-refractivity contribution is 6.47. The topological polar surface area (TPSA) is 26.0 Å². The number of fused-ring (bicyclic) bond motifs is 2. The molecule has 0 fully saturated rings. The highest BCUT2D eigenvalue weighted by atomic mass is 35.5. The summed E-state index contributed by atoms with van der Waals surface area (Å²) in [5.74, 6) is 0. The Hall–Kier alpha value is -1.93. The third-order valence-electron chi connectivity index (χ3n) is 3.68. The standard InChI is InChI=1S/C14H11N.C6H3Cl3/c15-14-7-3-6-12-8-10-4-1-2-5-11(10)9-13(12)14;7-4-2-1-3-5(8)6(4)9/h1-9H,15H2;1-3H. The lowest BCUT2D eigenvalue weighted by Crippen LogP contribution is -1.86. The second kappa shape index (κ2) is 7.31. The van der Waals surface area contributed by atoms with E-state index in [1.165, 1.54) is 16.2 Å². The summed E-state index contributed by atoms with van der Waals surface area (Å²) < 4.78 is 0. The predicted molar refractivity (Wildman–Crippen MR) is 107 cm³/mol. The fourth-order valence-electron chi connectivity index (χ4n) is 2.47. The van der Waals surface area contributed by atoms with Crippen LogP contribution in [0.1, 0.15) is 0 Å². The number of hydrogen-bond donors (Lipinski definition) is 1. The molecular formula is C20H14Cl3N. The molecule has 0 heterocycles. The van der Waals surface area contributed by atoms with Gasteiger partial charge in [-0.1, -0.05) is 77.3 Å². The van der Waals surface area contributed by atoms with Crippen molar-refractivity contribution in [3.8, 4) is 0 Å². The van der Waals surface area contributed by atoms with Gasteiger partial charge >= 0.3 is 0 Å². The Kier molecular flexibility index (Phi) is 5.15. The predicted octanol–water partition coefficient (Wildman–Crippen LogP) is 7.22. The zero-order chi connectivity index (χ0) is 17.1. The highest BCUT2D eigenvalue weighted by Gasteiger charge is 2.00. The minimum absolute atomic E-state index is 0.417. The van der Waals surface area contributed by atoms with Crippen LogP contribution in [-0.2, 0) is 0 Å². The van der Waals surface area contributed by atoms with E-state index in [2.05, 4.69) is 36.4 Å². The van der Waals surface area contributed by atoms with Crippen LogP contribution in [-0.4, -0.2) is 0 Å². The molecule has 0 aliphatic heterocycles. The number of nitrogens with two attached hydrogens (primary N) is 1. The molecular weight excluding hydrogens is 361 g/mol. The Morgan fingerprint density at radius 2 is 1.12 bits per heavy atom. The van der Waals surface area contributed by atoms with Crippen molar-refractivity contribution >= 4 is 62.0 Å². The van der Waals surface area contributed by atoms with Crippen molar-refractivity contribution in [1.82, 2.24) is 0 Å². The maximum atomic E-state index is 5.95. The molecule has 0 bridgehead atoms. The first kappa shape index (κ1) is 16.9. The molecule has 0 saturated heterocycles. The van der Waals surface area contributed by atoms with Gasteiger partial charge in [0.25, 0.3) is 0 Å². The summed E-state index contributed by atoms with van der Waals surface area (Å²) in [4.78, 5) is 0. The molecule has 1 nitrogen and oxygen atoms in total. The van der Waals surface area contributed by atoms with Gasteiger partial charge in [0.05, 0.1) is 15.1 Å². The van der Waals surface area contributed by atoms with Crippen molar-refractivity contribution in [2.75, 3.05) is 5.73 Å². The lowest BCUT2D eigenvalue weighted by molar-refractivity contribution is 1.70. The number of halogens is 3. The molecule has 0 saturated carbocycles. The fourth-order valence-corrected chi connectivity index (χ4v) is 2.99. The Morgan fingerprint density at radius 1 is 0.583 bits per heavy atom. The first-order valence-corrected chi connectivity index (χ1v) is 8.46. The van der Waals surface area contributed by atoms with Crippen molar-refractivity contribution < 1.29 is 0 Å². The third kappa shape index (κ3) is 3.59. The first-order chi connectivity index (χ1) is 11.6. The number of hydrogen-bond acceptors (Lipinski definition) is 1. The maximum Gasteiger partial charge on any atom is 0.0778 e. The second-order valence-corrected chi connectivity index (χ2v) is 6.50. The van der Waals surface area contributed by atoms with Crippen LogP contribution in [0.2, 0.25) is 15.1 Å². The molecule has 4 heteroatoms. The van der Waals surface area contributed by atoms with Gasteiger partial charge in [-0.15, -0.1) is 0 Å². The largest absolute Gasteiger partial charge is 0.398 e. The number of anilines is 1. The molecule has 4 rings (SSSR count). The van der Waals surface area contributed by atoms with E-state index in [0.717, 1.165) is 11.1 Å². The molecule has 0 radical (unpaired) electrons. The van der Waals surface area contributed by atoms with E-state index >= 15 is 0 Å². The van der Waals surface area contributed by atoms with Crippen LogP contribution >= 0.6 is 34.8 Å². The third-order valence-corrected chi connectivity index (χ3v) is 4.92. The molecule has 24 heavy (non-hydrogen) atoms. The first-order valence-electron chi connectivity index (χ1n) is 7.33. The SMILES string of the molecule is Clc1cccc(Cl)c1Cl.Nc1cccc2cc3ccccc3cc12. The molecule has 0 aliphatic carbocycles. The van der Waals surface area contributed by atoms with E-state index in [-0.39, 0.29) is 0 Å². The summed E-state index contributed by atoms with van der Waals surface area (Å²) in [6.07, 6.45) is 0. The van der Waals surface area contributed by atoms with Crippen LogP contribution in [0, 0.1) is 0 Å². The molecule has 2 N–H and O–H groups in total. The fraction of sp³-hybridized carbons (Fsp3) is 0. The normalized spacial score (nSPS) is 10.5. The Morgan fingerprint density at radius 3 is 1.75 bits per heavy atom. The van der Waals surface area contributed by atoms with Crippen molar-refractivity contribution in [3.05, 3.63) is 87.9 Å². The molecule has 0 aliphatic rings. The van der Waals surface area contributed by atoms with Crippen LogP contribution in [0.3, 0.4) is 0 Å². The number of benzene rings is 4. The highest BCUT2D eigenvalue weighted by Crippen LogP contribution is 2.28. The van der Waals surface area contributed by atoms with Gasteiger partial charge in [-0.2, -0.15) is 0 Å². The van der Waals surface area contributed by atoms with Crippen molar-refractivity contribution in [2.24, 2.45) is 0 Å². The number of rotatable bonds is 0. The molecule has 120 valence electrons. The quantitative estimate of drug-likeness (QED) is 0.196. The molecule has 4 aromatic carbocycles. The van der Waals surface area contributed by atoms with E-state index in [9.17, 15) is 0 Å². The second-order valence-electron chi connectivity index (χ2n) is 5.30. The summed E-state index contributed by atoms with van der Waals surface area (Å²) >= 11 is 16.8. The Balaban J connectivity index is 0.000000162. The summed E-state index contributed by atoms with van der Waals surface area (Å²) in [6.45, 7) is 0. The summed E-state index contributed by atoms with van der Waals surface area (Å²) in [5.41, 5.74) is 6.79. The lowest BCUT2D eigenvalue weighted by atomic mass is 10.0. The maximum absolute atomic E-state index is 5.95. The molecule has 0 aromatic heterocycles. The van der Waals surface area contributed by atoms with Crippen LogP contribution in [0.25, 0.3) is 21.5 Å². The minimum Gasteiger partial charge on any atom is -0.398 e. The average molecular weight is 375 g/mol. The molecule has 0 spiro atoms. The Bertz CT molecular complexity index is 992. The van der Waals surface area contributed by atoms with Gasteiger partial charge in [0.15, 0.2) is 0 Å². The molecule has 0 atom stereocenters. The van der Waals surface area contributed by atoms with Crippen molar-refractivity contribution in [3.63, 3.8) is 0 Å². The van der Waals surface area contributed by atoms with Gasteiger partial charge in [-0.3, -0.25) is 0 Å². The Labute approximate surface area is 155 Å². The number of nitrogen functional groups attached to an aromatic ring is 1. The zero-order valence-electron chi connectivity index (χ0n) is 12.6. The minimum atomic E-state index is 0.417. The van der Waals surface area contributed by atoms with Gasteiger partial charge in [0, 0.05) is 11.1 Å². The summed E-state index contributed by atoms with van der Waals surface area (Å²) in [6, 6.07) is 23.8. The van der Waals surface area contributed by atoms with Crippen LogP contribution in [0.4, 0.5) is 5.69 Å². The lowest BCUT2D eigenvalue weighted by Gasteiger charge is -2.04. The van der Waals surface area contributed by atoms with Gasteiger partial charge < -0.3 is 5.73 Å². The van der Waals surface area contributed by atoms with E-state index in [1.807, 2.05) is 18.2 Å². The van der Waals surface area contributed by atoms with Gasteiger partial charge in [0.1, 0.15) is 0 Å². The van der Waals surface area contributed by atoms with E-state index in [1.54, 1.807) is 18.2 Å². The molecule has 0 unspecified atom stereocenters. The smallest absolute Gasteiger partial charge is 0.0778 e. The monoisotopic (exact) mass is 373 g/mol. The summed E-state index contributed by atoms with van der Waals surface area (Å²) in [7, 11) is 0. The average Bonchev–Trinajstić information content (AvgIpc) is 2.59. The van der Waals surface area contributed by atoms with E-state index in [0.29, 0.717) is 15.1 Å². The zero-order valence-corrected chi connectivity index (χ0v) is 14.9. The van der Waals surface area contributed by atoms with Gasteiger partial charge in [-0.05, 0) is 46.5 Å². The van der Waals surface area contributed by atoms with Crippen LogP contribution in [0.15, 0.2) is 72.8 Å².